The van der Waals surface area contributed by atoms with Gasteiger partial charge >= 0.3 is 0 Å². The van der Waals surface area contributed by atoms with Gasteiger partial charge in [0.1, 0.15) is 4.90 Å². The zero-order chi connectivity index (χ0) is 18.6. The Morgan fingerprint density at radius 1 is 1.16 bits per heavy atom. The highest BCUT2D eigenvalue weighted by Gasteiger charge is 2.21. The highest BCUT2D eigenvalue weighted by molar-refractivity contribution is 7.92. The number of hydrogen-bond donors (Lipinski definition) is 2. The third kappa shape index (κ3) is 4.96. The number of anilines is 1. The van der Waals surface area contributed by atoms with Crippen LogP contribution in [0.4, 0.5) is 5.69 Å². The molecule has 1 atom stereocenters. The normalized spacial score (nSPS) is 12.5. The van der Waals surface area contributed by atoms with E-state index in [1.165, 1.54) is 18.2 Å². The molecule has 2 aromatic rings. The fourth-order valence-corrected chi connectivity index (χ4v) is 3.68. The van der Waals surface area contributed by atoms with E-state index >= 15 is 0 Å². The van der Waals surface area contributed by atoms with Crippen molar-refractivity contribution in [2.24, 2.45) is 0 Å². The number of halogens is 1. The van der Waals surface area contributed by atoms with Crippen molar-refractivity contribution in [1.29, 1.82) is 0 Å². The Morgan fingerprint density at radius 2 is 1.80 bits per heavy atom. The molecule has 0 saturated heterocycles. The van der Waals surface area contributed by atoms with Crippen LogP contribution < -0.4 is 10.0 Å². The number of carbonyl (C=O) groups excluding carboxylic acids is 1. The second-order valence-electron chi connectivity index (χ2n) is 5.90. The zero-order valence-corrected chi connectivity index (χ0v) is 15.9. The topological polar surface area (TPSA) is 75.3 Å². The molecule has 0 aliphatic carbocycles. The van der Waals surface area contributed by atoms with Gasteiger partial charge in [-0.05, 0) is 50.6 Å². The number of aryl methyl sites for hydroxylation is 1. The van der Waals surface area contributed by atoms with E-state index in [2.05, 4.69) is 10.0 Å². The molecule has 5 nitrogen and oxygen atoms in total. The van der Waals surface area contributed by atoms with E-state index in [0.29, 0.717) is 5.69 Å². The Labute approximate surface area is 153 Å². The lowest BCUT2D eigenvalue weighted by molar-refractivity contribution is 0.0939. The molecule has 25 heavy (non-hydrogen) atoms. The molecule has 0 bridgehead atoms. The van der Waals surface area contributed by atoms with E-state index in [1.807, 2.05) is 20.8 Å². The Bertz CT molecular complexity index is 864. The number of rotatable bonds is 6. The van der Waals surface area contributed by atoms with Crippen molar-refractivity contribution in [3.8, 4) is 0 Å². The Morgan fingerprint density at radius 3 is 2.40 bits per heavy atom. The summed E-state index contributed by atoms with van der Waals surface area (Å²) < 4.78 is 27.7. The summed E-state index contributed by atoms with van der Waals surface area (Å²) in [7, 11) is -3.91. The molecule has 0 aromatic heterocycles. The summed E-state index contributed by atoms with van der Waals surface area (Å²) in [6.07, 6.45) is 0.777. The molecule has 0 aliphatic heterocycles. The molecule has 0 radical (unpaired) electrons. The third-order valence-corrected chi connectivity index (χ3v) is 5.64. The van der Waals surface area contributed by atoms with Gasteiger partial charge < -0.3 is 5.32 Å². The van der Waals surface area contributed by atoms with E-state index in [-0.39, 0.29) is 27.4 Å². The van der Waals surface area contributed by atoms with Crippen LogP contribution in [0.25, 0.3) is 0 Å². The lowest BCUT2D eigenvalue weighted by Gasteiger charge is -2.13. The van der Waals surface area contributed by atoms with Crippen molar-refractivity contribution in [3.05, 3.63) is 58.6 Å². The van der Waals surface area contributed by atoms with Crippen LogP contribution in [0.3, 0.4) is 0 Å². The molecule has 2 aromatic carbocycles. The van der Waals surface area contributed by atoms with Gasteiger partial charge in [0.25, 0.3) is 15.9 Å². The van der Waals surface area contributed by atoms with E-state index < -0.39 is 10.0 Å². The summed E-state index contributed by atoms with van der Waals surface area (Å²) in [5.74, 6) is -0.335. The highest BCUT2D eigenvalue weighted by Crippen LogP contribution is 2.25. The van der Waals surface area contributed by atoms with E-state index in [0.717, 1.165) is 12.0 Å². The summed E-state index contributed by atoms with van der Waals surface area (Å²) >= 11 is 6.06. The van der Waals surface area contributed by atoms with Crippen LogP contribution >= 0.6 is 11.6 Å². The number of amides is 1. The lowest BCUT2D eigenvalue weighted by Crippen LogP contribution is -2.32. The standard InChI is InChI=1S/C18H21ClN2O3S/c1-4-13(3)20-18(22)14-7-10-16(19)17(11-14)25(23,24)21-15-8-5-12(2)6-9-15/h5-11,13,21H,4H2,1-3H3,(H,20,22). The Hall–Kier alpha value is -2.05. The maximum atomic E-state index is 12.6. The molecule has 2 N–H and O–H groups in total. The second-order valence-corrected chi connectivity index (χ2v) is 7.96. The van der Waals surface area contributed by atoms with Crippen molar-refractivity contribution in [3.63, 3.8) is 0 Å². The minimum Gasteiger partial charge on any atom is -0.350 e. The van der Waals surface area contributed by atoms with Gasteiger partial charge in [-0.3, -0.25) is 9.52 Å². The average Bonchev–Trinajstić information content (AvgIpc) is 2.56. The Kier molecular flexibility index (Phi) is 6.08. The first-order chi connectivity index (χ1) is 11.7. The first kappa shape index (κ1) is 19.3. The van der Waals surface area contributed by atoms with Crippen LogP contribution in [-0.4, -0.2) is 20.4 Å². The molecular weight excluding hydrogens is 360 g/mol. The van der Waals surface area contributed by atoms with Crippen molar-refractivity contribution in [2.75, 3.05) is 4.72 Å². The van der Waals surface area contributed by atoms with Gasteiger partial charge in [-0.1, -0.05) is 36.2 Å². The van der Waals surface area contributed by atoms with Crippen molar-refractivity contribution in [1.82, 2.24) is 5.32 Å². The number of sulfonamides is 1. The van der Waals surface area contributed by atoms with E-state index in [9.17, 15) is 13.2 Å². The largest absolute Gasteiger partial charge is 0.350 e. The lowest BCUT2D eigenvalue weighted by atomic mass is 10.2. The van der Waals surface area contributed by atoms with Crippen molar-refractivity contribution < 1.29 is 13.2 Å². The fourth-order valence-electron chi connectivity index (χ4n) is 2.09. The van der Waals surface area contributed by atoms with Gasteiger partial charge in [0.15, 0.2) is 0 Å². The van der Waals surface area contributed by atoms with Crippen LogP contribution in [0.1, 0.15) is 36.2 Å². The van der Waals surface area contributed by atoms with Gasteiger partial charge in [-0.15, -0.1) is 0 Å². The molecule has 1 amide bonds. The Balaban J connectivity index is 2.32. The summed E-state index contributed by atoms with van der Waals surface area (Å²) in [6, 6.07) is 11.1. The summed E-state index contributed by atoms with van der Waals surface area (Å²) in [5, 5.41) is 2.86. The van der Waals surface area contributed by atoms with Crippen LogP contribution in [0.5, 0.6) is 0 Å². The monoisotopic (exact) mass is 380 g/mol. The molecule has 0 spiro atoms. The van der Waals surface area contributed by atoms with Crippen LogP contribution in [0.15, 0.2) is 47.4 Å². The fraction of sp³-hybridized carbons (Fsp3) is 0.278. The highest BCUT2D eigenvalue weighted by atomic mass is 35.5. The van der Waals surface area contributed by atoms with Gasteiger partial charge in [-0.2, -0.15) is 0 Å². The number of nitrogens with one attached hydrogen (secondary N) is 2. The quantitative estimate of drug-likeness (QED) is 0.795. The summed E-state index contributed by atoms with van der Waals surface area (Å²) in [6.45, 7) is 5.74. The van der Waals surface area contributed by atoms with Crippen molar-refractivity contribution >= 4 is 33.2 Å². The van der Waals surface area contributed by atoms with Gasteiger partial charge in [-0.25, -0.2) is 8.42 Å². The summed E-state index contributed by atoms with van der Waals surface area (Å²) in [4.78, 5) is 12.1. The molecule has 7 heteroatoms. The minimum absolute atomic E-state index is 0.00563. The molecule has 0 saturated carbocycles. The zero-order valence-electron chi connectivity index (χ0n) is 14.3. The maximum Gasteiger partial charge on any atom is 0.263 e. The average molecular weight is 381 g/mol. The first-order valence-electron chi connectivity index (χ1n) is 7.93. The van der Waals surface area contributed by atoms with Crippen molar-refractivity contribution in [2.45, 2.75) is 38.1 Å². The molecule has 0 aliphatic rings. The van der Waals surface area contributed by atoms with Gasteiger partial charge in [0.2, 0.25) is 0 Å². The smallest absolute Gasteiger partial charge is 0.263 e. The molecule has 0 heterocycles. The number of carbonyl (C=O) groups is 1. The molecular formula is C18H21ClN2O3S. The van der Waals surface area contributed by atoms with Crippen LogP contribution in [0.2, 0.25) is 5.02 Å². The maximum absolute atomic E-state index is 12.6. The molecule has 0 fully saturated rings. The third-order valence-electron chi connectivity index (χ3n) is 3.78. The number of benzene rings is 2. The number of hydrogen-bond acceptors (Lipinski definition) is 3. The van der Waals surface area contributed by atoms with Crippen LogP contribution in [0, 0.1) is 6.92 Å². The molecule has 134 valence electrons. The van der Waals surface area contributed by atoms with Crippen LogP contribution in [-0.2, 0) is 10.0 Å². The summed E-state index contributed by atoms with van der Waals surface area (Å²) in [5.41, 5.74) is 1.69. The molecule has 2 rings (SSSR count). The predicted molar refractivity (Wildman–Crippen MR) is 101 cm³/mol. The molecule has 1 unspecified atom stereocenters. The SMILES string of the molecule is CCC(C)NC(=O)c1ccc(Cl)c(S(=O)(=O)Nc2ccc(C)cc2)c1. The van der Waals surface area contributed by atoms with E-state index in [4.69, 9.17) is 11.6 Å². The van der Waals surface area contributed by atoms with Gasteiger partial charge in [0, 0.05) is 17.3 Å². The minimum atomic E-state index is -3.91. The first-order valence-corrected chi connectivity index (χ1v) is 9.79. The van der Waals surface area contributed by atoms with Gasteiger partial charge in [0.05, 0.1) is 5.02 Å². The second kappa shape index (κ2) is 7.89. The van der Waals surface area contributed by atoms with E-state index in [1.54, 1.807) is 24.3 Å². The predicted octanol–water partition coefficient (Wildman–Crippen LogP) is 3.98.